The van der Waals surface area contributed by atoms with Crippen molar-refractivity contribution in [3.05, 3.63) is 25.4 Å². The molecule has 1 N–H and O–H groups in total. The van der Waals surface area contributed by atoms with Crippen LogP contribution < -0.4 is 5.32 Å². The van der Waals surface area contributed by atoms with Crippen LogP contribution >= 0.6 is 0 Å². The van der Waals surface area contributed by atoms with Gasteiger partial charge >= 0.3 is 0 Å². The quantitative estimate of drug-likeness (QED) is 0.686. The van der Waals surface area contributed by atoms with Gasteiger partial charge in [0.2, 0.25) is 0 Å². The first-order valence-electron chi connectivity index (χ1n) is 4.72. The monoisotopic (exact) mass is 189 g/mol. The average molecular weight is 189 g/mol. The van der Waals surface area contributed by atoms with Crippen LogP contribution in [0.3, 0.4) is 0 Å². The molecule has 1 saturated heterocycles. The van der Waals surface area contributed by atoms with E-state index in [1.54, 1.807) is 6.08 Å². The minimum atomic E-state index is -0.457. The van der Waals surface area contributed by atoms with E-state index in [2.05, 4.69) is 29.5 Å². The van der Waals surface area contributed by atoms with Gasteiger partial charge in [0.05, 0.1) is 11.8 Å². The molecule has 0 atom stereocenters. The molecule has 0 radical (unpaired) electrons. The van der Waals surface area contributed by atoms with Gasteiger partial charge in [0.1, 0.15) is 5.41 Å². The third kappa shape index (κ3) is 1.91. The van der Waals surface area contributed by atoms with Crippen molar-refractivity contribution >= 4 is 5.71 Å². The maximum atomic E-state index is 9.23. The molecule has 3 heteroatoms. The second-order valence-corrected chi connectivity index (χ2v) is 3.34. The molecular weight excluding hydrogens is 174 g/mol. The van der Waals surface area contributed by atoms with Crippen molar-refractivity contribution in [3.63, 3.8) is 0 Å². The Morgan fingerprint density at radius 2 is 2.07 bits per heavy atom. The number of nitrogens with one attached hydrogen (secondary N) is 1. The normalized spacial score (nSPS) is 20.9. The van der Waals surface area contributed by atoms with Crippen LogP contribution in [0.2, 0.25) is 0 Å². The van der Waals surface area contributed by atoms with Crippen molar-refractivity contribution in [2.45, 2.75) is 12.8 Å². The van der Waals surface area contributed by atoms with Crippen LogP contribution in [-0.2, 0) is 0 Å². The summed E-state index contributed by atoms with van der Waals surface area (Å²) in [5.41, 5.74) is 0.290. The van der Waals surface area contributed by atoms with Crippen LogP contribution in [0, 0.1) is 16.7 Å². The molecule has 14 heavy (non-hydrogen) atoms. The molecule has 1 aliphatic heterocycles. The van der Waals surface area contributed by atoms with Crippen molar-refractivity contribution in [2.75, 3.05) is 13.1 Å². The van der Waals surface area contributed by atoms with Crippen molar-refractivity contribution < 1.29 is 0 Å². The summed E-state index contributed by atoms with van der Waals surface area (Å²) in [5.74, 6) is 0. The average Bonchev–Trinajstić information content (AvgIpc) is 2.27. The van der Waals surface area contributed by atoms with Crippen molar-refractivity contribution in [1.29, 1.82) is 5.26 Å². The molecule has 0 aromatic carbocycles. The van der Waals surface area contributed by atoms with E-state index in [0.717, 1.165) is 31.6 Å². The first kappa shape index (κ1) is 10.7. The van der Waals surface area contributed by atoms with E-state index in [4.69, 9.17) is 0 Å². The number of hydrogen-bond acceptors (Lipinski definition) is 3. The molecule has 1 aliphatic rings. The molecule has 0 aromatic rings. The van der Waals surface area contributed by atoms with Gasteiger partial charge in [-0.05, 0) is 32.0 Å². The Bertz CT molecular complexity index is 290. The fourth-order valence-corrected chi connectivity index (χ4v) is 1.75. The zero-order valence-electron chi connectivity index (χ0n) is 8.29. The first-order chi connectivity index (χ1) is 6.79. The van der Waals surface area contributed by atoms with Gasteiger partial charge < -0.3 is 5.32 Å². The summed E-state index contributed by atoms with van der Waals surface area (Å²) >= 11 is 0. The summed E-state index contributed by atoms with van der Waals surface area (Å²) in [6.45, 7) is 8.96. The summed E-state index contributed by atoms with van der Waals surface area (Å²) in [6, 6.07) is 2.36. The van der Waals surface area contributed by atoms with Crippen molar-refractivity contribution in [3.8, 4) is 6.07 Å². The van der Waals surface area contributed by atoms with Gasteiger partial charge in [-0.25, -0.2) is 0 Å². The molecule has 3 nitrogen and oxygen atoms in total. The van der Waals surface area contributed by atoms with Crippen molar-refractivity contribution in [2.24, 2.45) is 10.4 Å². The Kier molecular flexibility index (Phi) is 3.61. The topological polar surface area (TPSA) is 48.2 Å². The highest BCUT2D eigenvalue weighted by Gasteiger charge is 2.35. The fourth-order valence-electron chi connectivity index (χ4n) is 1.75. The Morgan fingerprint density at radius 3 is 2.50 bits per heavy atom. The van der Waals surface area contributed by atoms with E-state index in [-0.39, 0.29) is 0 Å². The van der Waals surface area contributed by atoms with E-state index >= 15 is 0 Å². The lowest BCUT2D eigenvalue weighted by Crippen LogP contribution is -2.40. The van der Waals surface area contributed by atoms with Gasteiger partial charge in [-0.15, -0.1) is 0 Å². The summed E-state index contributed by atoms with van der Waals surface area (Å²) in [7, 11) is 0. The summed E-state index contributed by atoms with van der Waals surface area (Å²) in [4.78, 5) is 4.12. The van der Waals surface area contributed by atoms with Gasteiger partial charge in [-0.2, -0.15) is 5.26 Å². The van der Waals surface area contributed by atoms with Gasteiger partial charge in [0.15, 0.2) is 0 Å². The smallest absolute Gasteiger partial charge is 0.102 e. The zero-order valence-corrected chi connectivity index (χ0v) is 8.29. The second-order valence-electron chi connectivity index (χ2n) is 3.34. The molecule has 0 unspecified atom stereocenters. The zero-order chi connectivity index (χ0) is 10.4. The molecule has 0 aromatic heterocycles. The number of aliphatic imine (C=N–C) groups is 1. The highest BCUT2D eigenvalue weighted by atomic mass is 14.9. The van der Waals surface area contributed by atoms with Crippen LogP contribution in [-0.4, -0.2) is 18.8 Å². The second kappa shape index (κ2) is 4.73. The van der Waals surface area contributed by atoms with E-state index < -0.39 is 5.41 Å². The predicted molar refractivity (Wildman–Crippen MR) is 58.0 cm³/mol. The Hall–Kier alpha value is -1.40. The standard InChI is InChI=1S/C11H15N3/c1-3-10(14-4-2)11(9-12)5-7-13-8-6-11/h3-4,13H,1-2,5-8H2. The van der Waals surface area contributed by atoms with Crippen molar-refractivity contribution in [1.82, 2.24) is 5.32 Å². The lowest BCUT2D eigenvalue weighted by Gasteiger charge is -2.30. The maximum absolute atomic E-state index is 9.23. The molecule has 1 rings (SSSR count). The highest BCUT2D eigenvalue weighted by molar-refractivity contribution is 6.01. The molecule has 0 aliphatic carbocycles. The first-order valence-corrected chi connectivity index (χ1v) is 4.72. The number of allylic oxidation sites excluding steroid dienone is 1. The Labute approximate surface area is 84.8 Å². The summed E-state index contributed by atoms with van der Waals surface area (Å²) in [6.07, 6.45) is 4.72. The van der Waals surface area contributed by atoms with E-state index in [1.165, 1.54) is 6.20 Å². The lowest BCUT2D eigenvalue weighted by molar-refractivity contribution is 0.378. The SMILES string of the molecule is C=CN=C(C=C)C1(C#N)CCNCC1. The minimum Gasteiger partial charge on any atom is -0.317 e. The predicted octanol–water partition coefficient (Wildman–Crippen LogP) is 1.65. The van der Waals surface area contributed by atoms with Crippen LogP contribution in [0.25, 0.3) is 0 Å². The number of hydrogen-bond donors (Lipinski definition) is 1. The number of piperidine rings is 1. The van der Waals surface area contributed by atoms with Crippen LogP contribution in [0.5, 0.6) is 0 Å². The van der Waals surface area contributed by atoms with E-state index in [1.807, 2.05) is 0 Å². The van der Waals surface area contributed by atoms with Gasteiger partial charge in [-0.1, -0.05) is 13.2 Å². The molecule has 0 spiro atoms. The van der Waals surface area contributed by atoms with E-state index in [9.17, 15) is 5.26 Å². The number of rotatable bonds is 3. The minimum absolute atomic E-state index is 0.457. The highest BCUT2D eigenvalue weighted by Crippen LogP contribution is 2.30. The van der Waals surface area contributed by atoms with Gasteiger partial charge in [-0.3, -0.25) is 4.99 Å². The molecule has 1 heterocycles. The Balaban J connectivity index is 2.98. The largest absolute Gasteiger partial charge is 0.317 e. The Morgan fingerprint density at radius 1 is 1.43 bits per heavy atom. The fraction of sp³-hybridized carbons (Fsp3) is 0.455. The number of nitrogens with zero attached hydrogens (tertiary/aromatic N) is 2. The van der Waals surface area contributed by atoms with Gasteiger partial charge in [0.25, 0.3) is 0 Å². The third-order valence-electron chi connectivity index (χ3n) is 2.59. The molecule has 74 valence electrons. The molecule has 0 bridgehead atoms. The molecule has 0 saturated carbocycles. The summed E-state index contributed by atoms with van der Waals surface area (Å²) < 4.78 is 0. The van der Waals surface area contributed by atoms with E-state index in [0.29, 0.717) is 0 Å². The molecular formula is C11H15N3. The lowest BCUT2D eigenvalue weighted by atomic mass is 9.76. The van der Waals surface area contributed by atoms with Crippen LogP contribution in [0.15, 0.2) is 30.4 Å². The third-order valence-corrected chi connectivity index (χ3v) is 2.59. The maximum Gasteiger partial charge on any atom is 0.102 e. The summed E-state index contributed by atoms with van der Waals surface area (Å²) in [5, 5.41) is 12.5. The van der Waals surface area contributed by atoms with Crippen LogP contribution in [0.4, 0.5) is 0 Å². The molecule has 0 amide bonds. The van der Waals surface area contributed by atoms with Gasteiger partial charge in [0, 0.05) is 6.20 Å². The van der Waals surface area contributed by atoms with Crippen LogP contribution in [0.1, 0.15) is 12.8 Å². The molecule has 1 fully saturated rings. The number of nitriles is 1.